The minimum atomic E-state index is -4.28. The van der Waals surface area contributed by atoms with E-state index in [1.165, 1.54) is 0 Å². The maximum atomic E-state index is 11.9. The zero-order valence-electron chi connectivity index (χ0n) is 10.0. The molecule has 1 saturated carbocycles. The monoisotopic (exact) mass is 249 g/mol. The van der Waals surface area contributed by atoms with Gasteiger partial charge in [-0.3, -0.25) is 0 Å². The van der Waals surface area contributed by atoms with Gasteiger partial charge < -0.3 is 4.74 Å². The summed E-state index contributed by atoms with van der Waals surface area (Å²) in [4.78, 5) is 0. The van der Waals surface area contributed by atoms with Gasteiger partial charge in [-0.2, -0.15) is 18.4 Å². The van der Waals surface area contributed by atoms with Crippen molar-refractivity contribution in [2.24, 2.45) is 11.3 Å². The molecule has 0 bridgehead atoms. The molecule has 0 radical (unpaired) electrons. The first-order chi connectivity index (χ1) is 7.87. The first kappa shape index (κ1) is 14.3. The third-order valence-corrected chi connectivity index (χ3v) is 3.46. The molecule has 98 valence electrons. The van der Waals surface area contributed by atoms with E-state index in [1.807, 2.05) is 0 Å². The molecule has 5 heteroatoms. The Morgan fingerprint density at radius 2 is 1.94 bits per heavy atom. The molecule has 1 aliphatic rings. The highest BCUT2D eigenvalue weighted by atomic mass is 19.4. The molecule has 0 amide bonds. The summed E-state index contributed by atoms with van der Waals surface area (Å²) in [7, 11) is 0. The van der Waals surface area contributed by atoms with E-state index in [9.17, 15) is 13.2 Å². The van der Waals surface area contributed by atoms with Gasteiger partial charge in [0.2, 0.25) is 0 Å². The lowest BCUT2D eigenvalue weighted by molar-refractivity contribution is -0.175. The Labute approximate surface area is 99.8 Å². The van der Waals surface area contributed by atoms with Gasteiger partial charge in [-0.15, -0.1) is 0 Å². The van der Waals surface area contributed by atoms with Gasteiger partial charge in [0.1, 0.15) is 6.61 Å². The normalized spacial score (nSPS) is 29.9. The van der Waals surface area contributed by atoms with Gasteiger partial charge in [0.05, 0.1) is 11.5 Å². The molecule has 0 heterocycles. The number of nitrogens with zero attached hydrogens (tertiary/aromatic N) is 1. The molecular weight excluding hydrogens is 231 g/mol. The lowest BCUT2D eigenvalue weighted by Crippen LogP contribution is -2.27. The van der Waals surface area contributed by atoms with Crippen LogP contribution in [-0.4, -0.2) is 19.4 Å². The number of nitriles is 1. The van der Waals surface area contributed by atoms with Crippen LogP contribution < -0.4 is 0 Å². The fourth-order valence-corrected chi connectivity index (χ4v) is 2.19. The molecule has 1 fully saturated rings. The summed E-state index contributed by atoms with van der Waals surface area (Å²) in [6.07, 6.45) is -0.354. The molecule has 1 aliphatic carbocycles. The van der Waals surface area contributed by atoms with Crippen molar-refractivity contribution >= 4 is 0 Å². The van der Waals surface area contributed by atoms with Crippen molar-refractivity contribution in [3.05, 3.63) is 0 Å². The van der Waals surface area contributed by atoms with E-state index in [-0.39, 0.29) is 6.61 Å². The van der Waals surface area contributed by atoms with Crippen LogP contribution in [0.4, 0.5) is 13.2 Å². The van der Waals surface area contributed by atoms with Gasteiger partial charge in [0.25, 0.3) is 0 Å². The minimum Gasteiger partial charge on any atom is -0.372 e. The second-order valence-electron chi connectivity index (χ2n) is 4.99. The highest BCUT2D eigenvalue weighted by Crippen LogP contribution is 2.40. The zero-order valence-corrected chi connectivity index (χ0v) is 10.0. The summed E-state index contributed by atoms with van der Waals surface area (Å²) in [5.74, 6) is 0.618. The van der Waals surface area contributed by atoms with E-state index in [4.69, 9.17) is 5.26 Å². The van der Waals surface area contributed by atoms with Crippen LogP contribution in [-0.2, 0) is 4.74 Å². The van der Waals surface area contributed by atoms with Gasteiger partial charge >= 0.3 is 6.18 Å². The van der Waals surface area contributed by atoms with Crippen LogP contribution in [0.1, 0.15) is 39.0 Å². The predicted octanol–water partition coefficient (Wildman–Crippen LogP) is 3.68. The van der Waals surface area contributed by atoms with E-state index in [2.05, 4.69) is 17.7 Å². The molecule has 2 nitrogen and oxygen atoms in total. The van der Waals surface area contributed by atoms with E-state index < -0.39 is 18.2 Å². The molecule has 0 N–H and O–H groups in total. The van der Waals surface area contributed by atoms with Crippen LogP contribution in [0.3, 0.4) is 0 Å². The van der Waals surface area contributed by atoms with Crippen LogP contribution in [0.15, 0.2) is 0 Å². The molecule has 0 saturated heterocycles. The highest BCUT2D eigenvalue weighted by Gasteiger charge is 2.34. The van der Waals surface area contributed by atoms with Crippen LogP contribution in [0.2, 0.25) is 0 Å². The van der Waals surface area contributed by atoms with Crippen molar-refractivity contribution in [1.29, 1.82) is 5.26 Å². The molecule has 0 atom stereocenters. The van der Waals surface area contributed by atoms with Gasteiger partial charge in [0, 0.05) is 6.61 Å². The third kappa shape index (κ3) is 4.95. The maximum Gasteiger partial charge on any atom is 0.411 e. The molecule has 0 unspecified atom stereocenters. The second kappa shape index (κ2) is 5.72. The zero-order chi connectivity index (χ0) is 12.9. The Morgan fingerprint density at radius 3 is 2.41 bits per heavy atom. The minimum absolute atomic E-state index is 0.0153. The fraction of sp³-hybridized carbons (Fsp3) is 0.917. The molecule has 0 aromatic heterocycles. The van der Waals surface area contributed by atoms with Crippen molar-refractivity contribution in [3.63, 3.8) is 0 Å². The maximum absolute atomic E-state index is 11.9. The third-order valence-electron chi connectivity index (χ3n) is 3.46. The number of halogens is 3. The Bertz CT molecular complexity index is 274. The molecule has 0 aromatic rings. The molecule has 0 aliphatic heterocycles. The van der Waals surface area contributed by atoms with Crippen molar-refractivity contribution < 1.29 is 17.9 Å². The molecule has 0 spiro atoms. The first-order valence-electron chi connectivity index (χ1n) is 5.93. The van der Waals surface area contributed by atoms with Gasteiger partial charge in [-0.05, 0) is 38.0 Å². The summed E-state index contributed by atoms with van der Waals surface area (Å²) in [5.41, 5.74) is -0.460. The largest absolute Gasteiger partial charge is 0.411 e. The highest BCUT2D eigenvalue weighted by molar-refractivity contribution is 5.01. The van der Waals surface area contributed by atoms with Crippen LogP contribution in [0.5, 0.6) is 0 Å². The number of ether oxygens (including phenoxy) is 1. The van der Waals surface area contributed by atoms with E-state index in [0.717, 1.165) is 25.7 Å². The van der Waals surface area contributed by atoms with Crippen LogP contribution in [0, 0.1) is 22.7 Å². The van der Waals surface area contributed by atoms with Gasteiger partial charge in [0.15, 0.2) is 0 Å². The average molecular weight is 249 g/mol. The van der Waals surface area contributed by atoms with Crippen molar-refractivity contribution in [3.8, 4) is 6.07 Å². The van der Waals surface area contributed by atoms with Crippen LogP contribution in [0.25, 0.3) is 0 Å². The molecular formula is C12H18F3NO. The summed E-state index contributed by atoms with van der Waals surface area (Å²) >= 11 is 0. The second-order valence-corrected chi connectivity index (χ2v) is 4.99. The van der Waals surface area contributed by atoms with Gasteiger partial charge in [-0.25, -0.2) is 0 Å². The number of hydrogen-bond donors (Lipinski definition) is 0. The van der Waals surface area contributed by atoms with E-state index in [0.29, 0.717) is 12.3 Å². The Hall–Kier alpha value is -0.760. The smallest absolute Gasteiger partial charge is 0.372 e. The number of hydrogen-bond acceptors (Lipinski definition) is 2. The SMILES string of the molecule is CC1CCC(C#N)(CCOCC(F)(F)F)CC1. The summed E-state index contributed by atoms with van der Waals surface area (Å²) < 4.78 is 40.2. The lowest BCUT2D eigenvalue weighted by Gasteiger charge is -2.33. The van der Waals surface area contributed by atoms with Crippen molar-refractivity contribution in [1.82, 2.24) is 0 Å². The molecule has 17 heavy (non-hydrogen) atoms. The fourth-order valence-electron chi connectivity index (χ4n) is 2.19. The Kier molecular flexibility index (Phi) is 4.81. The van der Waals surface area contributed by atoms with Crippen molar-refractivity contribution in [2.75, 3.05) is 13.2 Å². The summed E-state index contributed by atoms with van der Waals surface area (Å²) in [6, 6.07) is 2.27. The van der Waals surface area contributed by atoms with Crippen molar-refractivity contribution in [2.45, 2.75) is 45.2 Å². The van der Waals surface area contributed by atoms with E-state index in [1.54, 1.807) is 0 Å². The number of alkyl halides is 3. The standard InChI is InChI=1S/C12H18F3NO/c1-10-2-4-11(8-16,5-3-10)6-7-17-9-12(13,14)15/h10H,2-7,9H2,1H3. The quantitative estimate of drug-likeness (QED) is 0.712. The van der Waals surface area contributed by atoms with Gasteiger partial charge in [-0.1, -0.05) is 6.92 Å². The average Bonchev–Trinajstić information content (AvgIpc) is 2.26. The summed E-state index contributed by atoms with van der Waals surface area (Å²) in [5, 5.41) is 9.16. The van der Waals surface area contributed by atoms with E-state index >= 15 is 0 Å². The number of rotatable bonds is 4. The first-order valence-corrected chi connectivity index (χ1v) is 5.93. The molecule has 1 rings (SSSR count). The predicted molar refractivity (Wildman–Crippen MR) is 57.2 cm³/mol. The topological polar surface area (TPSA) is 33.0 Å². The lowest BCUT2D eigenvalue weighted by atomic mass is 9.70. The Morgan fingerprint density at radius 1 is 1.35 bits per heavy atom. The Balaban J connectivity index is 2.31. The summed E-state index contributed by atoms with van der Waals surface area (Å²) in [6.45, 7) is 0.938. The molecule has 0 aromatic carbocycles. The van der Waals surface area contributed by atoms with Crippen LogP contribution >= 0.6 is 0 Å².